The highest BCUT2D eigenvalue weighted by Crippen LogP contribution is 2.46. The van der Waals surface area contributed by atoms with E-state index < -0.39 is 33.7 Å². The minimum absolute atomic E-state index is 0.0820. The molecule has 1 saturated carbocycles. The van der Waals surface area contributed by atoms with Gasteiger partial charge in [-0.25, -0.2) is 22.2 Å². The summed E-state index contributed by atoms with van der Waals surface area (Å²) in [5.74, 6) is -5.65. The number of aromatic nitrogens is 1. The van der Waals surface area contributed by atoms with Crippen LogP contribution in [-0.4, -0.2) is 80.7 Å². The SMILES string of the molecule is NC(=O)CNC(=O)C1CCC(C(F)(F)c2cc(Cl)nc(N3CCN(S(=O)(=O)c4ccc(N5C[C@H](N)CC5=O)cc4)CC3)c2)CC1. The molecule has 3 aliphatic rings. The van der Waals surface area contributed by atoms with E-state index in [4.69, 9.17) is 23.1 Å². The van der Waals surface area contributed by atoms with E-state index in [9.17, 15) is 22.8 Å². The lowest BCUT2D eigenvalue weighted by Crippen LogP contribution is -2.49. The van der Waals surface area contributed by atoms with Gasteiger partial charge in [0.1, 0.15) is 11.0 Å². The van der Waals surface area contributed by atoms with Crippen LogP contribution in [0.3, 0.4) is 0 Å². The molecular formula is C29H36ClF2N7O5S. The number of nitrogens with one attached hydrogen (secondary N) is 1. The molecular weight excluding hydrogens is 632 g/mol. The number of alkyl halides is 2. The Kier molecular flexibility index (Phi) is 9.63. The number of benzene rings is 1. The molecule has 0 unspecified atom stereocenters. The molecule has 1 aliphatic carbocycles. The van der Waals surface area contributed by atoms with Crippen LogP contribution < -0.4 is 26.6 Å². The van der Waals surface area contributed by atoms with Gasteiger partial charge in [-0.15, -0.1) is 0 Å². The van der Waals surface area contributed by atoms with Gasteiger partial charge in [0.05, 0.1) is 11.4 Å². The van der Waals surface area contributed by atoms with Gasteiger partial charge in [-0.05, 0) is 62.1 Å². The molecule has 3 fully saturated rings. The van der Waals surface area contributed by atoms with Crippen LogP contribution in [0.25, 0.3) is 0 Å². The highest BCUT2D eigenvalue weighted by Gasteiger charge is 2.44. The highest BCUT2D eigenvalue weighted by molar-refractivity contribution is 7.89. The minimum Gasteiger partial charge on any atom is -0.368 e. The molecule has 1 aromatic heterocycles. The molecule has 3 amide bonds. The quantitative estimate of drug-likeness (QED) is 0.340. The van der Waals surface area contributed by atoms with Crippen molar-refractivity contribution in [2.75, 3.05) is 49.1 Å². The number of hydrogen-bond donors (Lipinski definition) is 3. The minimum atomic E-state index is -3.84. The van der Waals surface area contributed by atoms with Crippen molar-refractivity contribution in [2.45, 2.75) is 49.0 Å². The number of primary amides is 1. The fourth-order valence-corrected chi connectivity index (χ4v) is 7.83. The zero-order valence-corrected chi connectivity index (χ0v) is 26.1. The molecule has 2 aromatic rings. The molecule has 0 bridgehead atoms. The first-order chi connectivity index (χ1) is 21.3. The average molecular weight is 668 g/mol. The van der Waals surface area contributed by atoms with Crippen molar-refractivity contribution in [3.63, 3.8) is 0 Å². The molecule has 5 N–H and O–H groups in total. The molecule has 2 saturated heterocycles. The molecule has 2 aliphatic heterocycles. The molecule has 3 heterocycles. The summed E-state index contributed by atoms with van der Waals surface area (Å²) in [6, 6.07) is 8.27. The number of halogens is 3. The first-order valence-electron chi connectivity index (χ1n) is 14.8. The number of pyridine rings is 1. The Morgan fingerprint density at radius 2 is 1.69 bits per heavy atom. The molecule has 45 heavy (non-hydrogen) atoms. The number of sulfonamides is 1. The third kappa shape index (κ3) is 7.21. The number of piperazine rings is 1. The maximum Gasteiger partial charge on any atom is 0.276 e. The Balaban J connectivity index is 1.21. The van der Waals surface area contributed by atoms with Crippen molar-refractivity contribution in [1.82, 2.24) is 14.6 Å². The third-order valence-corrected chi connectivity index (χ3v) is 10.8. The average Bonchev–Trinajstić information content (AvgIpc) is 3.37. The number of carbonyl (C=O) groups is 3. The molecule has 12 nitrogen and oxygen atoms in total. The number of hydrogen-bond acceptors (Lipinski definition) is 8. The van der Waals surface area contributed by atoms with Gasteiger partial charge in [0, 0.05) is 68.3 Å². The Hall–Kier alpha value is -3.40. The number of rotatable bonds is 9. The van der Waals surface area contributed by atoms with Gasteiger partial charge in [0.25, 0.3) is 5.92 Å². The van der Waals surface area contributed by atoms with Crippen LogP contribution in [0.2, 0.25) is 5.15 Å². The summed E-state index contributed by atoms with van der Waals surface area (Å²) in [7, 11) is -3.84. The van der Waals surface area contributed by atoms with Gasteiger partial charge in [0.2, 0.25) is 27.7 Å². The Labute approximate surface area is 265 Å². The molecule has 5 rings (SSSR count). The van der Waals surface area contributed by atoms with Crippen LogP contribution in [0.5, 0.6) is 0 Å². The predicted octanol–water partition coefficient (Wildman–Crippen LogP) is 1.81. The fraction of sp³-hybridized carbons (Fsp3) is 0.517. The van der Waals surface area contributed by atoms with Crippen molar-refractivity contribution in [3.8, 4) is 0 Å². The zero-order valence-electron chi connectivity index (χ0n) is 24.5. The van der Waals surface area contributed by atoms with Crippen molar-refractivity contribution in [1.29, 1.82) is 0 Å². The van der Waals surface area contributed by atoms with Crippen LogP contribution in [0.4, 0.5) is 20.3 Å². The Morgan fingerprint density at radius 3 is 2.27 bits per heavy atom. The first kappa shape index (κ1) is 33.0. The van der Waals surface area contributed by atoms with Gasteiger partial charge in [-0.2, -0.15) is 4.31 Å². The Bertz CT molecular complexity index is 1550. The molecule has 16 heteroatoms. The Morgan fingerprint density at radius 1 is 1.04 bits per heavy atom. The molecule has 1 atom stereocenters. The third-order valence-electron chi connectivity index (χ3n) is 8.72. The molecule has 1 aromatic carbocycles. The second kappa shape index (κ2) is 13.1. The van der Waals surface area contributed by atoms with Gasteiger partial charge < -0.3 is 26.6 Å². The predicted molar refractivity (Wildman–Crippen MR) is 163 cm³/mol. The standard InChI is InChI=1S/C29H36ClF2N7O5S/c30-24-13-20(29(31,32)19-3-1-18(2-4-19)28(42)35-16-25(34)40)14-26(36-24)37-9-11-38(12-10-37)45(43,44)23-7-5-22(6-8-23)39-17-21(33)15-27(39)41/h5-8,13-14,18-19,21H,1-4,9-12,15-17,33H2,(H2,34,40)(H,35,42)/t18?,19?,21-/m1/s1. The fourth-order valence-electron chi connectivity index (χ4n) is 6.20. The second-order valence-corrected chi connectivity index (χ2v) is 14.1. The number of nitrogens with two attached hydrogens (primary N) is 2. The zero-order chi connectivity index (χ0) is 32.5. The van der Waals surface area contributed by atoms with Crippen LogP contribution in [0.1, 0.15) is 37.7 Å². The molecule has 0 radical (unpaired) electrons. The summed E-state index contributed by atoms with van der Waals surface area (Å²) in [5, 5.41) is 2.33. The molecule has 244 valence electrons. The molecule has 0 spiro atoms. The van der Waals surface area contributed by atoms with Gasteiger partial charge in [-0.1, -0.05) is 11.6 Å². The summed E-state index contributed by atoms with van der Waals surface area (Å²) >= 11 is 6.20. The lowest BCUT2D eigenvalue weighted by molar-refractivity contribution is -0.131. The van der Waals surface area contributed by atoms with Crippen LogP contribution in [0.15, 0.2) is 41.3 Å². The lowest BCUT2D eigenvalue weighted by atomic mass is 9.77. The topological polar surface area (TPSA) is 172 Å². The second-order valence-electron chi connectivity index (χ2n) is 11.7. The van der Waals surface area contributed by atoms with Crippen LogP contribution >= 0.6 is 11.6 Å². The van der Waals surface area contributed by atoms with E-state index in [1.807, 2.05) is 0 Å². The van der Waals surface area contributed by atoms with Gasteiger partial charge in [-0.3, -0.25) is 14.4 Å². The van der Waals surface area contributed by atoms with E-state index in [0.717, 1.165) is 6.07 Å². The summed E-state index contributed by atoms with van der Waals surface area (Å²) in [6.07, 6.45) is 0.958. The number of amides is 3. The van der Waals surface area contributed by atoms with Gasteiger partial charge >= 0.3 is 0 Å². The van der Waals surface area contributed by atoms with E-state index in [-0.39, 0.29) is 104 Å². The smallest absolute Gasteiger partial charge is 0.276 e. The van der Waals surface area contributed by atoms with Crippen molar-refractivity contribution >= 4 is 50.9 Å². The van der Waals surface area contributed by atoms with E-state index in [1.54, 1.807) is 17.0 Å². The van der Waals surface area contributed by atoms with Crippen LogP contribution in [-0.2, 0) is 30.3 Å². The highest BCUT2D eigenvalue weighted by atomic mass is 35.5. The first-order valence-corrected chi connectivity index (χ1v) is 16.6. The summed E-state index contributed by atoms with van der Waals surface area (Å²) in [5.41, 5.74) is 11.2. The van der Waals surface area contributed by atoms with E-state index in [0.29, 0.717) is 12.2 Å². The largest absolute Gasteiger partial charge is 0.368 e. The van der Waals surface area contributed by atoms with E-state index in [1.165, 1.54) is 27.4 Å². The number of nitrogens with zero attached hydrogens (tertiary/aromatic N) is 4. The maximum absolute atomic E-state index is 15.7. The summed E-state index contributed by atoms with van der Waals surface area (Å²) in [4.78, 5) is 42.9. The monoisotopic (exact) mass is 667 g/mol. The summed E-state index contributed by atoms with van der Waals surface area (Å²) < 4.78 is 59.5. The van der Waals surface area contributed by atoms with E-state index >= 15 is 8.78 Å². The lowest BCUT2D eigenvalue weighted by Gasteiger charge is -2.36. The van der Waals surface area contributed by atoms with Crippen LogP contribution in [0, 0.1) is 11.8 Å². The maximum atomic E-state index is 15.7. The van der Waals surface area contributed by atoms with Crippen molar-refractivity contribution < 1.29 is 31.6 Å². The normalized spacial score (nSPS) is 23.3. The van der Waals surface area contributed by atoms with Gasteiger partial charge in [0.15, 0.2) is 0 Å². The number of carbonyl (C=O) groups excluding carboxylic acids is 3. The van der Waals surface area contributed by atoms with E-state index in [2.05, 4.69) is 10.3 Å². The number of anilines is 2. The van der Waals surface area contributed by atoms with Crippen molar-refractivity contribution in [2.24, 2.45) is 23.3 Å². The van der Waals surface area contributed by atoms with Crippen molar-refractivity contribution in [3.05, 3.63) is 47.1 Å². The summed E-state index contributed by atoms with van der Waals surface area (Å²) in [6.45, 7) is 0.704.